The highest BCUT2D eigenvalue weighted by atomic mass is 35.8. The fraction of sp³-hybridized carbons (Fsp3) is 1.00. The van der Waals surface area contributed by atoms with E-state index in [1.54, 1.807) is 0 Å². The predicted molar refractivity (Wildman–Crippen MR) is 56.3 cm³/mol. The number of rotatable bonds is 5. The Balaban J connectivity index is 6.47. The molecule has 0 bridgehead atoms. The zero-order valence-electron chi connectivity index (χ0n) is 10.4. The molecule has 0 aliphatic carbocycles. The van der Waals surface area contributed by atoms with E-state index in [1.165, 1.54) is 0 Å². The molecule has 0 spiro atoms. The number of alkyl halides is 13. The highest BCUT2D eigenvalue weighted by molar-refractivity contribution is 7.62. The van der Waals surface area contributed by atoms with Crippen LogP contribution in [0.2, 0.25) is 0 Å². The fourth-order valence-electron chi connectivity index (χ4n) is 0.924. The molecule has 0 aliphatic heterocycles. The predicted octanol–water partition coefficient (Wildman–Crippen LogP) is 5.78. The van der Waals surface area contributed by atoms with Gasteiger partial charge in [0.15, 0.2) is 0 Å². The molecule has 2 nitrogen and oxygen atoms in total. The Hall–Kier alpha value is 0.0969. The van der Waals surface area contributed by atoms with Gasteiger partial charge in [0, 0.05) is 0 Å². The Labute approximate surface area is 142 Å². The standard InChI is InChI=1S/C6Cl3F13O2Si/c7-25(8,9)24-6(22,1(10,11)3(13,14)15)23-2(12,4(16,17)18)5(19,20)21. The molecule has 1 unspecified atom stereocenters. The molecule has 25 heavy (non-hydrogen) atoms. The van der Waals surface area contributed by atoms with Crippen molar-refractivity contribution in [1.82, 2.24) is 0 Å². The van der Waals surface area contributed by atoms with E-state index in [0.717, 1.165) is 0 Å². The van der Waals surface area contributed by atoms with Gasteiger partial charge in [0.2, 0.25) is 0 Å². The van der Waals surface area contributed by atoms with Gasteiger partial charge in [0.1, 0.15) is 0 Å². The molecule has 19 heteroatoms. The van der Waals surface area contributed by atoms with Crippen molar-refractivity contribution in [3.05, 3.63) is 0 Å². The summed E-state index contributed by atoms with van der Waals surface area (Å²) in [6.07, 6.45) is -27.7. The topological polar surface area (TPSA) is 18.5 Å². The lowest BCUT2D eigenvalue weighted by Gasteiger charge is -2.40. The molecular formula is C6Cl3F13O2Si. The second-order valence-corrected chi connectivity index (χ2v) is 11.5. The Morgan fingerprint density at radius 2 is 0.880 bits per heavy atom. The van der Waals surface area contributed by atoms with Crippen molar-refractivity contribution in [3.8, 4) is 0 Å². The summed E-state index contributed by atoms with van der Waals surface area (Å²) < 4.78 is 167. The van der Waals surface area contributed by atoms with Gasteiger partial charge in [-0.25, -0.2) is 0 Å². The van der Waals surface area contributed by atoms with Gasteiger partial charge in [-0.15, -0.1) is 0 Å². The molecule has 0 saturated heterocycles. The summed E-state index contributed by atoms with van der Waals surface area (Å²) in [4.78, 5) is 0. The van der Waals surface area contributed by atoms with Crippen molar-refractivity contribution < 1.29 is 66.2 Å². The first kappa shape index (κ1) is 25.1. The zero-order valence-corrected chi connectivity index (χ0v) is 13.6. The van der Waals surface area contributed by atoms with E-state index < -0.39 is 42.6 Å². The number of halogens is 16. The smallest absolute Gasteiger partial charge is 0.320 e. The molecule has 0 rings (SSSR count). The van der Waals surface area contributed by atoms with Gasteiger partial charge in [-0.05, 0) is 0 Å². The molecule has 0 amide bonds. The summed E-state index contributed by atoms with van der Waals surface area (Å²) in [6.45, 7) is 0. The molecule has 0 N–H and O–H groups in total. The lowest BCUT2D eigenvalue weighted by atomic mass is 10.2. The summed E-state index contributed by atoms with van der Waals surface area (Å²) in [6, 6.07) is -6.84. The molecule has 0 fully saturated rings. The maximum absolute atomic E-state index is 13.7. The Morgan fingerprint density at radius 3 is 1.08 bits per heavy atom. The SMILES string of the molecule is FC(F)(F)C(F)(F)C(F)(OC(F)(C(F)(F)F)C(F)(F)F)O[Si](Cl)(Cl)Cl. The van der Waals surface area contributed by atoms with Crippen molar-refractivity contribution in [2.24, 2.45) is 0 Å². The first-order valence-corrected chi connectivity index (χ1v) is 9.78. The van der Waals surface area contributed by atoms with Crippen molar-refractivity contribution >= 4 is 39.5 Å². The number of ether oxygens (including phenoxy) is 1. The van der Waals surface area contributed by atoms with E-state index in [9.17, 15) is 57.1 Å². The summed E-state index contributed by atoms with van der Waals surface area (Å²) >= 11 is 13.7. The van der Waals surface area contributed by atoms with Crippen molar-refractivity contribution in [2.45, 2.75) is 36.3 Å². The third-order valence-electron chi connectivity index (χ3n) is 1.98. The fourth-order valence-corrected chi connectivity index (χ4v) is 2.29. The van der Waals surface area contributed by atoms with Gasteiger partial charge in [-0.1, -0.05) is 33.2 Å². The maximum atomic E-state index is 13.7. The van der Waals surface area contributed by atoms with E-state index in [2.05, 4.69) is 37.7 Å². The minimum absolute atomic E-state index is 1.83. The summed E-state index contributed by atoms with van der Waals surface area (Å²) in [7, 11) is 0. The zero-order chi connectivity index (χ0) is 20.9. The van der Waals surface area contributed by atoms with Crippen LogP contribution in [0, 0.1) is 0 Å². The average molecular weight is 485 g/mol. The van der Waals surface area contributed by atoms with Gasteiger partial charge >= 0.3 is 42.6 Å². The minimum atomic E-state index is -7.39. The van der Waals surface area contributed by atoms with Gasteiger partial charge < -0.3 is 4.43 Å². The summed E-state index contributed by atoms with van der Waals surface area (Å²) in [5, 5.41) is 0. The van der Waals surface area contributed by atoms with Crippen LogP contribution in [-0.2, 0) is 9.16 Å². The molecule has 0 radical (unpaired) electrons. The molecule has 0 aromatic carbocycles. The van der Waals surface area contributed by atoms with Crippen LogP contribution in [-0.4, -0.2) is 42.6 Å². The van der Waals surface area contributed by atoms with Gasteiger partial charge in [0.05, 0.1) is 0 Å². The lowest BCUT2D eigenvalue weighted by molar-refractivity contribution is -0.530. The van der Waals surface area contributed by atoms with Crippen molar-refractivity contribution in [3.63, 3.8) is 0 Å². The van der Waals surface area contributed by atoms with E-state index in [4.69, 9.17) is 0 Å². The Kier molecular flexibility index (Phi) is 6.64. The van der Waals surface area contributed by atoms with E-state index >= 15 is 0 Å². The second-order valence-electron chi connectivity index (χ2n) is 3.85. The third-order valence-corrected chi connectivity index (χ3v) is 3.17. The first-order valence-electron chi connectivity index (χ1n) is 4.84. The van der Waals surface area contributed by atoms with Crippen molar-refractivity contribution in [1.29, 1.82) is 0 Å². The normalized spacial score (nSPS) is 18.2. The highest BCUT2D eigenvalue weighted by Crippen LogP contribution is 2.56. The third kappa shape index (κ3) is 5.09. The first-order chi connectivity index (χ1) is 10.4. The van der Waals surface area contributed by atoms with Crippen LogP contribution in [0.15, 0.2) is 0 Å². The quantitative estimate of drug-likeness (QED) is 0.213. The van der Waals surface area contributed by atoms with Crippen molar-refractivity contribution in [2.75, 3.05) is 0 Å². The van der Waals surface area contributed by atoms with Crippen LogP contribution in [0.25, 0.3) is 0 Å². The van der Waals surface area contributed by atoms with E-state index in [0.29, 0.717) is 0 Å². The van der Waals surface area contributed by atoms with Gasteiger partial charge in [-0.3, -0.25) is 4.74 Å². The van der Waals surface area contributed by atoms with Gasteiger partial charge in [-0.2, -0.15) is 57.1 Å². The highest BCUT2D eigenvalue weighted by Gasteiger charge is 2.84. The maximum Gasteiger partial charge on any atom is 0.498 e. The number of hydrogen-bond acceptors (Lipinski definition) is 2. The molecule has 1 atom stereocenters. The van der Waals surface area contributed by atoms with E-state index in [-0.39, 0.29) is 0 Å². The van der Waals surface area contributed by atoms with Crippen LogP contribution in [0.5, 0.6) is 0 Å². The van der Waals surface area contributed by atoms with Crippen LogP contribution >= 0.6 is 33.2 Å². The largest absolute Gasteiger partial charge is 0.498 e. The molecule has 0 aromatic heterocycles. The Bertz CT molecular complexity index is 468. The van der Waals surface area contributed by atoms with Crippen LogP contribution in [0.3, 0.4) is 0 Å². The van der Waals surface area contributed by atoms with Gasteiger partial charge in [0.25, 0.3) is 0 Å². The molecule has 0 saturated carbocycles. The second kappa shape index (κ2) is 6.61. The van der Waals surface area contributed by atoms with Crippen LogP contribution < -0.4 is 0 Å². The van der Waals surface area contributed by atoms with Crippen LogP contribution in [0.4, 0.5) is 57.1 Å². The Morgan fingerprint density at radius 1 is 0.560 bits per heavy atom. The minimum Gasteiger partial charge on any atom is -0.320 e. The molecule has 0 aliphatic rings. The number of hydrogen-bond donors (Lipinski definition) is 0. The van der Waals surface area contributed by atoms with Crippen LogP contribution in [0.1, 0.15) is 0 Å². The summed E-state index contributed by atoms with van der Waals surface area (Å²) in [5.74, 6) is -14.7. The van der Waals surface area contributed by atoms with E-state index in [1.807, 2.05) is 4.74 Å². The molecular weight excluding hydrogens is 485 g/mol. The molecule has 0 heterocycles. The monoisotopic (exact) mass is 484 g/mol. The average Bonchev–Trinajstić information content (AvgIpc) is 2.20. The molecule has 152 valence electrons. The molecule has 0 aromatic rings. The lowest BCUT2D eigenvalue weighted by Crippen LogP contribution is -2.67. The summed E-state index contributed by atoms with van der Waals surface area (Å²) in [5.41, 5.74) is 0.